The van der Waals surface area contributed by atoms with E-state index in [2.05, 4.69) is 20.8 Å². The summed E-state index contributed by atoms with van der Waals surface area (Å²) in [6.45, 7) is 0.668. The van der Waals surface area contributed by atoms with Crippen molar-refractivity contribution in [2.24, 2.45) is 0 Å². The highest BCUT2D eigenvalue weighted by Gasteiger charge is 2.09. The first-order valence-corrected chi connectivity index (χ1v) is 7.22. The van der Waals surface area contributed by atoms with E-state index in [0.29, 0.717) is 16.6 Å². The Hall–Kier alpha value is -0.900. The first-order chi connectivity index (χ1) is 8.97. The molecule has 2 nitrogen and oxygen atoms in total. The number of nitrogens with zero attached hydrogens (tertiary/aromatic N) is 1. The fraction of sp³-hybridized carbons (Fsp3) is 0.143. The van der Waals surface area contributed by atoms with Crippen molar-refractivity contribution in [1.82, 2.24) is 0 Å². The lowest BCUT2D eigenvalue weighted by molar-refractivity contribution is 0.925. The fourth-order valence-electron chi connectivity index (χ4n) is 1.86. The topological polar surface area (TPSA) is 29.3 Å². The van der Waals surface area contributed by atoms with Gasteiger partial charge in [-0.25, -0.2) is 0 Å². The average Bonchev–Trinajstić information content (AvgIpc) is 2.32. The molecule has 0 aromatic heterocycles. The number of rotatable bonds is 3. The molecule has 2 aromatic rings. The lowest BCUT2D eigenvalue weighted by atomic mass is 10.2. The van der Waals surface area contributed by atoms with Crippen molar-refractivity contribution in [3.05, 3.63) is 56.5 Å². The predicted molar refractivity (Wildman–Crippen MR) is 87.1 cm³/mol. The Bertz CT molecular complexity index is 602. The van der Waals surface area contributed by atoms with Gasteiger partial charge in [0.05, 0.1) is 11.4 Å². The van der Waals surface area contributed by atoms with E-state index in [1.807, 2.05) is 37.4 Å². The van der Waals surface area contributed by atoms with Crippen LogP contribution in [-0.4, -0.2) is 7.05 Å². The SMILES string of the molecule is CN(Cc1ccc(Cl)cc1Cl)c1ccc(Br)cc1N. The molecule has 0 saturated carbocycles. The van der Waals surface area contributed by atoms with Crippen LogP contribution < -0.4 is 10.6 Å². The molecular formula is C14H13BrCl2N2. The van der Waals surface area contributed by atoms with Crippen LogP contribution in [0.15, 0.2) is 40.9 Å². The molecule has 0 aliphatic rings. The van der Waals surface area contributed by atoms with Crippen molar-refractivity contribution in [3.8, 4) is 0 Å². The van der Waals surface area contributed by atoms with E-state index < -0.39 is 0 Å². The molecule has 100 valence electrons. The van der Waals surface area contributed by atoms with Crippen LogP contribution in [0.25, 0.3) is 0 Å². The van der Waals surface area contributed by atoms with Crippen LogP contribution in [0, 0.1) is 0 Å². The lowest BCUT2D eigenvalue weighted by Crippen LogP contribution is -2.18. The van der Waals surface area contributed by atoms with Crippen LogP contribution in [0.3, 0.4) is 0 Å². The summed E-state index contributed by atoms with van der Waals surface area (Å²) in [6, 6.07) is 11.3. The Labute approximate surface area is 131 Å². The summed E-state index contributed by atoms with van der Waals surface area (Å²) in [5.74, 6) is 0. The van der Waals surface area contributed by atoms with Gasteiger partial charge in [-0.3, -0.25) is 0 Å². The number of anilines is 2. The summed E-state index contributed by atoms with van der Waals surface area (Å²) < 4.78 is 0.965. The van der Waals surface area contributed by atoms with E-state index in [1.54, 1.807) is 6.07 Å². The molecule has 5 heteroatoms. The quantitative estimate of drug-likeness (QED) is 0.783. The van der Waals surface area contributed by atoms with Crippen LogP contribution in [-0.2, 0) is 6.54 Å². The molecule has 0 atom stereocenters. The number of hydrogen-bond donors (Lipinski definition) is 1. The summed E-state index contributed by atoms with van der Waals surface area (Å²) in [5.41, 5.74) is 8.71. The minimum absolute atomic E-state index is 0.638. The van der Waals surface area contributed by atoms with E-state index in [9.17, 15) is 0 Å². The van der Waals surface area contributed by atoms with Gasteiger partial charge in [0.15, 0.2) is 0 Å². The second-order valence-corrected chi connectivity index (χ2v) is 6.05. The summed E-state index contributed by atoms with van der Waals surface area (Å²) in [4.78, 5) is 2.05. The summed E-state index contributed by atoms with van der Waals surface area (Å²) in [7, 11) is 1.98. The molecule has 0 bridgehead atoms. The van der Waals surface area contributed by atoms with Crippen molar-refractivity contribution in [3.63, 3.8) is 0 Å². The maximum Gasteiger partial charge on any atom is 0.0601 e. The van der Waals surface area contributed by atoms with E-state index in [-0.39, 0.29) is 0 Å². The van der Waals surface area contributed by atoms with Gasteiger partial charge >= 0.3 is 0 Å². The number of benzene rings is 2. The minimum atomic E-state index is 0.638. The van der Waals surface area contributed by atoms with Gasteiger partial charge in [0.1, 0.15) is 0 Å². The van der Waals surface area contributed by atoms with Crippen LogP contribution >= 0.6 is 39.1 Å². The Kier molecular flexibility index (Phi) is 4.61. The molecule has 0 saturated heterocycles. The zero-order valence-electron chi connectivity index (χ0n) is 10.3. The van der Waals surface area contributed by atoms with E-state index in [0.717, 1.165) is 21.4 Å². The van der Waals surface area contributed by atoms with Gasteiger partial charge in [-0.2, -0.15) is 0 Å². The number of nitrogens with two attached hydrogens (primary N) is 1. The summed E-state index contributed by atoms with van der Waals surface area (Å²) in [5, 5.41) is 1.30. The first kappa shape index (κ1) is 14.5. The van der Waals surface area contributed by atoms with Crippen molar-refractivity contribution in [1.29, 1.82) is 0 Å². The Balaban J connectivity index is 2.23. The average molecular weight is 360 g/mol. The van der Waals surface area contributed by atoms with Crippen LogP contribution in [0.5, 0.6) is 0 Å². The molecule has 2 rings (SSSR count). The van der Waals surface area contributed by atoms with E-state index in [1.165, 1.54) is 0 Å². The zero-order chi connectivity index (χ0) is 14.0. The fourth-order valence-corrected chi connectivity index (χ4v) is 2.71. The highest BCUT2D eigenvalue weighted by molar-refractivity contribution is 9.10. The molecule has 0 spiro atoms. The van der Waals surface area contributed by atoms with Crippen LogP contribution in [0.4, 0.5) is 11.4 Å². The highest BCUT2D eigenvalue weighted by atomic mass is 79.9. The molecule has 0 heterocycles. The monoisotopic (exact) mass is 358 g/mol. The molecule has 0 aliphatic carbocycles. The molecule has 2 aromatic carbocycles. The maximum absolute atomic E-state index is 6.18. The van der Waals surface area contributed by atoms with Crippen LogP contribution in [0.2, 0.25) is 10.0 Å². The molecule has 0 radical (unpaired) electrons. The molecule has 0 unspecified atom stereocenters. The Morgan fingerprint density at radius 2 is 1.89 bits per heavy atom. The van der Waals surface area contributed by atoms with Gasteiger partial charge in [0.2, 0.25) is 0 Å². The van der Waals surface area contributed by atoms with Gasteiger partial charge in [-0.1, -0.05) is 45.2 Å². The molecule has 0 aliphatic heterocycles. The van der Waals surface area contributed by atoms with Gasteiger partial charge in [0, 0.05) is 28.1 Å². The maximum atomic E-state index is 6.18. The number of nitrogen functional groups attached to an aromatic ring is 1. The van der Waals surface area contributed by atoms with Crippen molar-refractivity contribution >= 4 is 50.5 Å². The number of hydrogen-bond acceptors (Lipinski definition) is 2. The van der Waals surface area contributed by atoms with Crippen molar-refractivity contribution in [2.45, 2.75) is 6.54 Å². The minimum Gasteiger partial charge on any atom is -0.397 e. The van der Waals surface area contributed by atoms with Crippen molar-refractivity contribution in [2.75, 3.05) is 17.7 Å². The van der Waals surface area contributed by atoms with Crippen molar-refractivity contribution < 1.29 is 0 Å². The molecule has 0 fully saturated rings. The molecule has 19 heavy (non-hydrogen) atoms. The lowest BCUT2D eigenvalue weighted by Gasteiger charge is -2.22. The van der Waals surface area contributed by atoms with E-state index >= 15 is 0 Å². The third kappa shape index (κ3) is 3.56. The highest BCUT2D eigenvalue weighted by Crippen LogP contribution is 2.29. The predicted octanol–water partition coefficient (Wildman–Crippen LogP) is 4.97. The second-order valence-electron chi connectivity index (χ2n) is 4.29. The van der Waals surface area contributed by atoms with Gasteiger partial charge in [-0.15, -0.1) is 0 Å². The third-order valence-electron chi connectivity index (χ3n) is 2.82. The van der Waals surface area contributed by atoms with Gasteiger partial charge < -0.3 is 10.6 Å². The van der Waals surface area contributed by atoms with Gasteiger partial charge in [0.25, 0.3) is 0 Å². The molecular weight excluding hydrogens is 347 g/mol. The van der Waals surface area contributed by atoms with Gasteiger partial charge in [-0.05, 0) is 35.9 Å². The zero-order valence-corrected chi connectivity index (χ0v) is 13.4. The Morgan fingerprint density at radius 1 is 1.16 bits per heavy atom. The first-order valence-electron chi connectivity index (χ1n) is 5.67. The third-order valence-corrected chi connectivity index (χ3v) is 3.90. The summed E-state index contributed by atoms with van der Waals surface area (Å²) in [6.07, 6.45) is 0. The standard InChI is InChI=1S/C14H13BrCl2N2/c1-19(14-5-3-10(15)6-13(14)18)8-9-2-4-11(16)7-12(9)17/h2-7H,8,18H2,1H3. The normalized spacial score (nSPS) is 10.5. The Morgan fingerprint density at radius 3 is 2.53 bits per heavy atom. The summed E-state index contributed by atoms with van der Waals surface area (Å²) >= 11 is 15.5. The van der Waals surface area contributed by atoms with E-state index in [4.69, 9.17) is 28.9 Å². The largest absolute Gasteiger partial charge is 0.397 e. The smallest absolute Gasteiger partial charge is 0.0601 e. The number of halogens is 3. The molecule has 0 amide bonds. The second kappa shape index (κ2) is 6.04. The van der Waals surface area contributed by atoms with Crippen LogP contribution in [0.1, 0.15) is 5.56 Å². The molecule has 2 N–H and O–H groups in total.